The Hall–Kier alpha value is -1.89. The van der Waals surface area contributed by atoms with Crippen LogP contribution >= 0.6 is 0 Å². The summed E-state index contributed by atoms with van der Waals surface area (Å²) in [5.41, 5.74) is 5.99. The minimum absolute atomic E-state index is 0.113. The van der Waals surface area contributed by atoms with E-state index in [1.54, 1.807) is 5.57 Å². The first-order chi connectivity index (χ1) is 11.7. The Kier molecular flexibility index (Phi) is 3.04. The first-order valence-electron chi connectivity index (χ1n) is 9.44. The van der Waals surface area contributed by atoms with E-state index in [0.717, 1.165) is 19.3 Å². The van der Waals surface area contributed by atoms with Crippen LogP contribution in [0.3, 0.4) is 0 Å². The van der Waals surface area contributed by atoms with Gasteiger partial charge in [0.15, 0.2) is 0 Å². The quantitative estimate of drug-likeness (QED) is 0.688. The summed E-state index contributed by atoms with van der Waals surface area (Å²) in [7, 11) is 0. The zero-order valence-corrected chi connectivity index (χ0v) is 14.4. The van der Waals surface area contributed by atoms with E-state index in [9.17, 15) is 4.79 Å². The van der Waals surface area contributed by atoms with Gasteiger partial charge < -0.3 is 0 Å². The van der Waals surface area contributed by atoms with Crippen LogP contribution in [0.15, 0.2) is 42.0 Å². The molecule has 1 spiro atoms. The zero-order chi connectivity index (χ0) is 16.3. The molecule has 122 valence electrons. The number of fused-ring (bicyclic) bond motifs is 6. The number of aryl methyl sites for hydroxylation is 1. The van der Waals surface area contributed by atoms with E-state index >= 15 is 0 Å². The van der Waals surface area contributed by atoms with Crippen molar-refractivity contribution in [2.45, 2.75) is 57.3 Å². The summed E-state index contributed by atoms with van der Waals surface area (Å²) >= 11 is 0. The predicted molar refractivity (Wildman–Crippen MR) is 98.4 cm³/mol. The molecule has 0 amide bonds. The molecular formula is C23H24O. The van der Waals surface area contributed by atoms with Crippen LogP contribution < -0.4 is 0 Å². The topological polar surface area (TPSA) is 17.1 Å². The molecule has 1 fully saturated rings. The van der Waals surface area contributed by atoms with Crippen LogP contribution in [-0.4, -0.2) is 5.78 Å². The molecule has 5 rings (SSSR count). The van der Waals surface area contributed by atoms with Gasteiger partial charge >= 0.3 is 0 Å². The van der Waals surface area contributed by atoms with Crippen molar-refractivity contribution in [3.8, 4) is 0 Å². The fraction of sp³-hybridized carbons (Fsp3) is 0.435. The monoisotopic (exact) mass is 316 g/mol. The van der Waals surface area contributed by atoms with Crippen LogP contribution in [0.5, 0.6) is 0 Å². The van der Waals surface area contributed by atoms with E-state index in [0.29, 0.717) is 18.1 Å². The van der Waals surface area contributed by atoms with Crippen LogP contribution in [0.4, 0.5) is 0 Å². The van der Waals surface area contributed by atoms with Gasteiger partial charge in [0.1, 0.15) is 5.78 Å². The molecule has 3 aliphatic rings. The lowest BCUT2D eigenvalue weighted by Gasteiger charge is -2.41. The van der Waals surface area contributed by atoms with Gasteiger partial charge in [-0.15, -0.1) is 0 Å². The Morgan fingerprint density at radius 1 is 1.21 bits per heavy atom. The normalized spacial score (nSPS) is 27.8. The van der Waals surface area contributed by atoms with E-state index in [2.05, 4.69) is 43.3 Å². The molecule has 0 aliphatic heterocycles. The average Bonchev–Trinajstić information content (AvgIpc) is 3.15. The van der Waals surface area contributed by atoms with Crippen molar-refractivity contribution in [1.82, 2.24) is 0 Å². The number of allylic oxidation sites excluding steroid dienone is 2. The van der Waals surface area contributed by atoms with Gasteiger partial charge in [0.25, 0.3) is 0 Å². The maximum Gasteiger partial charge on any atom is 0.138 e. The van der Waals surface area contributed by atoms with Gasteiger partial charge in [0.2, 0.25) is 0 Å². The average molecular weight is 316 g/mol. The number of rotatable bonds is 2. The molecule has 24 heavy (non-hydrogen) atoms. The van der Waals surface area contributed by atoms with Crippen LogP contribution in [0.2, 0.25) is 0 Å². The Morgan fingerprint density at radius 3 is 2.88 bits per heavy atom. The second-order valence-electron chi connectivity index (χ2n) is 8.12. The lowest BCUT2D eigenvalue weighted by Crippen LogP contribution is -2.39. The highest BCUT2D eigenvalue weighted by Crippen LogP contribution is 2.58. The summed E-state index contributed by atoms with van der Waals surface area (Å²) in [5, 5.41) is 2.73. The van der Waals surface area contributed by atoms with Crippen molar-refractivity contribution in [1.29, 1.82) is 0 Å². The fourth-order valence-corrected chi connectivity index (χ4v) is 5.69. The third-order valence-electron chi connectivity index (χ3n) is 6.67. The van der Waals surface area contributed by atoms with Gasteiger partial charge in [-0.2, -0.15) is 0 Å². The number of hydrogen-bond acceptors (Lipinski definition) is 1. The van der Waals surface area contributed by atoms with Crippen molar-refractivity contribution < 1.29 is 4.79 Å². The molecule has 2 unspecified atom stereocenters. The summed E-state index contributed by atoms with van der Waals surface area (Å²) in [6.07, 6.45) is 9.67. The van der Waals surface area contributed by atoms with Gasteiger partial charge in [0.05, 0.1) is 0 Å². The maximum atomic E-state index is 12.5. The molecule has 0 radical (unpaired) electrons. The number of carbonyl (C=O) groups is 1. The van der Waals surface area contributed by atoms with Crippen molar-refractivity contribution in [3.63, 3.8) is 0 Å². The molecule has 3 aliphatic carbocycles. The van der Waals surface area contributed by atoms with Crippen LogP contribution in [0, 0.1) is 5.92 Å². The summed E-state index contributed by atoms with van der Waals surface area (Å²) in [4.78, 5) is 12.5. The predicted octanol–water partition coefficient (Wildman–Crippen LogP) is 5.29. The van der Waals surface area contributed by atoms with Crippen LogP contribution in [-0.2, 0) is 23.1 Å². The minimum Gasteiger partial charge on any atom is -0.299 e. The van der Waals surface area contributed by atoms with E-state index in [1.165, 1.54) is 46.7 Å². The molecule has 1 heteroatoms. The van der Waals surface area contributed by atoms with Gasteiger partial charge in [-0.3, -0.25) is 4.79 Å². The van der Waals surface area contributed by atoms with Crippen molar-refractivity contribution in [2.24, 2.45) is 5.92 Å². The summed E-state index contributed by atoms with van der Waals surface area (Å²) in [6, 6.07) is 11.5. The lowest BCUT2D eigenvalue weighted by molar-refractivity contribution is -0.120. The van der Waals surface area contributed by atoms with E-state index in [-0.39, 0.29) is 5.41 Å². The molecule has 2 bridgehead atoms. The summed E-state index contributed by atoms with van der Waals surface area (Å²) in [5.74, 6) is 1.10. The van der Waals surface area contributed by atoms with Gasteiger partial charge in [-0.05, 0) is 65.1 Å². The molecule has 0 heterocycles. The molecule has 2 aromatic rings. The lowest BCUT2D eigenvalue weighted by atomic mass is 9.62. The van der Waals surface area contributed by atoms with Gasteiger partial charge in [-0.25, -0.2) is 0 Å². The fourth-order valence-electron chi connectivity index (χ4n) is 5.69. The van der Waals surface area contributed by atoms with Crippen molar-refractivity contribution in [2.75, 3.05) is 0 Å². The number of ketones is 1. The zero-order valence-electron chi connectivity index (χ0n) is 14.4. The van der Waals surface area contributed by atoms with Gasteiger partial charge in [0, 0.05) is 18.3 Å². The first-order valence-corrected chi connectivity index (χ1v) is 9.44. The molecule has 1 nitrogen and oxygen atoms in total. The van der Waals surface area contributed by atoms with Crippen molar-refractivity contribution in [3.05, 3.63) is 58.7 Å². The highest BCUT2D eigenvalue weighted by molar-refractivity contribution is 5.92. The number of carbonyl (C=O) groups excluding carboxylic acids is 1. The highest BCUT2D eigenvalue weighted by atomic mass is 16.1. The Balaban J connectivity index is 1.76. The number of Topliss-reactive ketones (excluding diaryl/α,β-unsaturated/α-hetero) is 1. The summed E-state index contributed by atoms with van der Waals surface area (Å²) in [6.45, 7) is 2.25. The molecule has 2 atom stereocenters. The van der Waals surface area contributed by atoms with E-state index < -0.39 is 0 Å². The Morgan fingerprint density at radius 2 is 2.12 bits per heavy atom. The molecule has 1 saturated carbocycles. The minimum atomic E-state index is 0.113. The van der Waals surface area contributed by atoms with E-state index in [1.807, 2.05) is 0 Å². The SMILES string of the molecule is CCCc1cccc2cc3c(cc12)C1(CC(=O)C3)CC2=CCC1C2. The second kappa shape index (κ2) is 5.05. The van der Waals surface area contributed by atoms with Crippen LogP contribution in [0.25, 0.3) is 10.8 Å². The smallest absolute Gasteiger partial charge is 0.138 e. The van der Waals surface area contributed by atoms with Crippen molar-refractivity contribution >= 4 is 16.6 Å². The van der Waals surface area contributed by atoms with Crippen LogP contribution in [0.1, 0.15) is 55.7 Å². The third-order valence-corrected chi connectivity index (χ3v) is 6.67. The third kappa shape index (κ3) is 1.90. The first kappa shape index (κ1) is 14.5. The Bertz CT molecular complexity index is 888. The largest absolute Gasteiger partial charge is 0.299 e. The standard InChI is InChI=1S/C23H24O/c1-2-4-16-5-3-6-17-10-18-11-20(24)14-23(22(18)12-21(16)17)13-15-7-8-19(23)9-15/h3,5-7,10,12,19H,2,4,8-9,11,13-14H2,1H3. The maximum absolute atomic E-state index is 12.5. The summed E-state index contributed by atoms with van der Waals surface area (Å²) < 4.78 is 0. The number of hydrogen-bond donors (Lipinski definition) is 0. The van der Waals surface area contributed by atoms with Gasteiger partial charge in [-0.1, -0.05) is 49.3 Å². The molecule has 0 saturated heterocycles. The highest BCUT2D eigenvalue weighted by Gasteiger charge is 2.51. The molecular weight excluding hydrogens is 292 g/mol. The molecule has 2 aromatic carbocycles. The molecule has 0 N–H and O–H groups in total. The van der Waals surface area contributed by atoms with E-state index in [4.69, 9.17) is 0 Å². The molecule has 0 aromatic heterocycles. The second-order valence-corrected chi connectivity index (χ2v) is 8.12. The Labute approximate surface area is 143 Å². The number of benzene rings is 2.